The van der Waals surface area contributed by atoms with E-state index in [1.807, 2.05) is 37.3 Å². The average Bonchev–Trinajstić information content (AvgIpc) is 2.69. The Morgan fingerprint density at radius 3 is 2.67 bits per heavy atom. The Morgan fingerprint density at radius 1 is 1.00 bits per heavy atom. The van der Waals surface area contributed by atoms with Gasteiger partial charge in [0.1, 0.15) is 11.6 Å². The van der Waals surface area contributed by atoms with Crippen molar-refractivity contribution in [2.45, 2.75) is 13.5 Å². The highest BCUT2D eigenvalue weighted by molar-refractivity contribution is 5.78. The Bertz CT molecular complexity index is 925. The number of nitrogens with zero attached hydrogens (tertiary/aromatic N) is 4. The van der Waals surface area contributed by atoms with Gasteiger partial charge in [-0.3, -0.25) is 9.88 Å². The molecular formula is C21H23FN4O. The summed E-state index contributed by atoms with van der Waals surface area (Å²) in [5.41, 5.74) is 1.85. The van der Waals surface area contributed by atoms with E-state index < -0.39 is 0 Å². The molecule has 1 saturated heterocycles. The predicted octanol–water partition coefficient (Wildman–Crippen LogP) is 3.49. The van der Waals surface area contributed by atoms with Crippen molar-refractivity contribution >= 4 is 16.7 Å². The zero-order chi connectivity index (χ0) is 18.6. The lowest BCUT2D eigenvalue weighted by molar-refractivity contribution is 0.246. The Morgan fingerprint density at radius 2 is 1.85 bits per heavy atom. The third kappa shape index (κ3) is 4.17. The number of pyridine rings is 2. The van der Waals surface area contributed by atoms with Crippen LogP contribution in [0.3, 0.4) is 0 Å². The van der Waals surface area contributed by atoms with Crippen molar-refractivity contribution < 1.29 is 9.13 Å². The van der Waals surface area contributed by atoms with E-state index in [1.165, 1.54) is 12.1 Å². The van der Waals surface area contributed by atoms with Gasteiger partial charge in [-0.25, -0.2) is 4.39 Å². The van der Waals surface area contributed by atoms with Gasteiger partial charge >= 0.3 is 0 Å². The number of ether oxygens (including phenoxy) is 1. The van der Waals surface area contributed by atoms with Gasteiger partial charge in [0, 0.05) is 44.2 Å². The Hall–Kier alpha value is -2.73. The quantitative estimate of drug-likeness (QED) is 0.691. The fourth-order valence-electron chi connectivity index (χ4n) is 3.40. The molecule has 3 heterocycles. The van der Waals surface area contributed by atoms with Gasteiger partial charge in [0.25, 0.3) is 0 Å². The molecule has 6 heteroatoms. The highest BCUT2D eigenvalue weighted by Gasteiger charge is 2.19. The second-order valence-corrected chi connectivity index (χ2v) is 6.67. The van der Waals surface area contributed by atoms with E-state index in [4.69, 9.17) is 4.74 Å². The third-order valence-electron chi connectivity index (χ3n) is 4.79. The molecule has 2 aromatic heterocycles. The van der Waals surface area contributed by atoms with Gasteiger partial charge in [0.15, 0.2) is 0 Å². The first-order valence-corrected chi connectivity index (χ1v) is 9.33. The molecule has 1 aliphatic heterocycles. The van der Waals surface area contributed by atoms with Crippen LogP contribution >= 0.6 is 0 Å². The second kappa shape index (κ2) is 7.88. The summed E-state index contributed by atoms with van der Waals surface area (Å²) in [4.78, 5) is 13.9. The summed E-state index contributed by atoms with van der Waals surface area (Å²) in [7, 11) is 0. The number of benzene rings is 1. The van der Waals surface area contributed by atoms with Crippen LogP contribution in [0.15, 0.2) is 48.5 Å². The molecule has 1 fully saturated rings. The van der Waals surface area contributed by atoms with Crippen LogP contribution in [-0.2, 0) is 6.54 Å². The number of halogens is 1. The fraction of sp³-hybridized carbons (Fsp3) is 0.333. The monoisotopic (exact) mass is 366 g/mol. The van der Waals surface area contributed by atoms with Crippen LogP contribution in [0.1, 0.15) is 12.6 Å². The summed E-state index contributed by atoms with van der Waals surface area (Å²) in [5.74, 6) is 1.41. The molecule has 0 N–H and O–H groups in total. The molecule has 1 aliphatic rings. The normalized spacial score (nSPS) is 15.3. The number of rotatable bonds is 5. The van der Waals surface area contributed by atoms with E-state index in [9.17, 15) is 4.39 Å². The highest BCUT2D eigenvalue weighted by atomic mass is 19.1. The molecular weight excluding hydrogens is 343 g/mol. The van der Waals surface area contributed by atoms with E-state index in [2.05, 4.69) is 19.8 Å². The van der Waals surface area contributed by atoms with Gasteiger partial charge in [-0.1, -0.05) is 12.1 Å². The molecule has 140 valence electrons. The van der Waals surface area contributed by atoms with Crippen LogP contribution in [0, 0.1) is 5.82 Å². The molecule has 0 spiro atoms. The third-order valence-corrected chi connectivity index (χ3v) is 4.79. The van der Waals surface area contributed by atoms with E-state index >= 15 is 0 Å². The average molecular weight is 366 g/mol. The maximum atomic E-state index is 13.3. The fourth-order valence-corrected chi connectivity index (χ4v) is 3.40. The van der Waals surface area contributed by atoms with Crippen molar-refractivity contribution in [2.24, 2.45) is 0 Å². The summed E-state index contributed by atoms with van der Waals surface area (Å²) >= 11 is 0. The predicted molar refractivity (Wildman–Crippen MR) is 105 cm³/mol. The van der Waals surface area contributed by atoms with E-state index in [0.717, 1.165) is 55.1 Å². The lowest BCUT2D eigenvalue weighted by Gasteiger charge is -2.35. The maximum Gasteiger partial charge on any atom is 0.215 e. The lowest BCUT2D eigenvalue weighted by atomic mass is 10.2. The van der Waals surface area contributed by atoms with Gasteiger partial charge in [-0.05, 0) is 37.3 Å². The summed E-state index contributed by atoms with van der Waals surface area (Å²) in [6.45, 7) is 7.11. The van der Waals surface area contributed by atoms with Crippen LogP contribution in [0.25, 0.3) is 10.9 Å². The topological polar surface area (TPSA) is 41.5 Å². The Kier molecular flexibility index (Phi) is 5.16. The Labute approximate surface area is 158 Å². The van der Waals surface area contributed by atoms with Crippen molar-refractivity contribution in [1.29, 1.82) is 0 Å². The number of anilines is 1. The molecule has 0 amide bonds. The van der Waals surface area contributed by atoms with Crippen LogP contribution in [-0.4, -0.2) is 47.7 Å². The van der Waals surface area contributed by atoms with Crippen molar-refractivity contribution in [3.05, 3.63) is 60.0 Å². The van der Waals surface area contributed by atoms with E-state index in [0.29, 0.717) is 12.5 Å². The first-order chi connectivity index (χ1) is 13.2. The molecule has 0 aliphatic carbocycles. The summed E-state index contributed by atoms with van der Waals surface area (Å²) in [6.07, 6.45) is 0. The minimum absolute atomic E-state index is 0.227. The van der Waals surface area contributed by atoms with E-state index in [-0.39, 0.29) is 5.82 Å². The number of piperazine rings is 1. The molecule has 0 bridgehead atoms. The van der Waals surface area contributed by atoms with Crippen LogP contribution < -0.4 is 9.64 Å². The van der Waals surface area contributed by atoms with Gasteiger partial charge in [0.05, 0.1) is 17.8 Å². The van der Waals surface area contributed by atoms with Crippen LogP contribution in [0.2, 0.25) is 0 Å². The van der Waals surface area contributed by atoms with Crippen molar-refractivity contribution in [3.63, 3.8) is 0 Å². The Balaban J connectivity index is 1.38. The summed E-state index contributed by atoms with van der Waals surface area (Å²) in [6, 6.07) is 14.6. The summed E-state index contributed by atoms with van der Waals surface area (Å²) < 4.78 is 18.8. The SMILES string of the molecule is CCOc1cccc(N2CCN(Cc3ccc4cc(F)ccc4n3)CC2)n1. The highest BCUT2D eigenvalue weighted by Crippen LogP contribution is 2.19. The van der Waals surface area contributed by atoms with Gasteiger partial charge in [-0.15, -0.1) is 0 Å². The zero-order valence-corrected chi connectivity index (χ0v) is 15.4. The summed E-state index contributed by atoms with van der Waals surface area (Å²) in [5, 5.41) is 0.837. The molecule has 0 unspecified atom stereocenters. The largest absolute Gasteiger partial charge is 0.478 e. The smallest absolute Gasteiger partial charge is 0.215 e. The molecule has 0 atom stereocenters. The van der Waals surface area contributed by atoms with Crippen molar-refractivity contribution in [3.8, 4) is 5.88 Å². The van der Waals surface area contributed by atoms with Crippen molar-refractivity contribution in [2.75, 3.05) is 37.7 Å². The lowest BCUT2D eigenvalue weighted by Crippen LogP contribution is -2.46. The number of hydrogen-bond acceptors (Lipinski definition) is 5. The van der Waals surface area contributed by atoms with E-state index in [1.54, 1.807) is 6.07 Å². The van der Waals surface area contributed by atoms with Crippen LogP contribution in [0.4, 0.5) is 10.2 Å². The van der Waals surface area contributed by atoms with Crippen molar-refractivity contribution in [1.82, 2.24) is 14.9 Å². The number of aromatic nitrogens is 2. The second-order valence-electron chi connectivity index (χ2n) is 6.67. The van der Waals surface area contributed by atoms with Gasteiger partial charge in [-0.2, -0.15) is 4.98 Å². The van der Waals surface area contributed by atoms with Gasteiger partial charge < -0.3 is 9.64 Å². The van der Waals surface area contributed by atoms with Crippen LogP contribution in [0.5, 0.6) is 5.88 Å². The minimum atomic E-state index is -0.227. The molecule has 0 saturated carbocycles. The first-order valence-electron chi connectivity index (χ1n) is 9.33. The number of hydrogen-bond donors (Lipinski definition) is 0. The minimum Gasteiger partial charge on any atom is -0.478 e. The molecule has 5 nitrogen and oxygen atoms in total. The number of fused-ring (bicyclic) bond motifs is 1. The molecule has 3 aromatic rings. The first kappa shape index (κ1) is 17.7. The molecule has 1 aromatic carbocycles. The standard InChI is InChI=1S/C21H23FN4O/c1-2-27-21-5-3-4-20(24-21)26-12-10-25(11-13-26)15-18-8-6-16-14-17(22)7-9-19(16)23-18/h3-9,14H,2,10-13,15H2,1H3. The zero-order valence-electron chi connectivity index (χ0n) is 15.4. The molecule has 27 heavy (non-hydrogen) atoms. The van der Waals surface area contributed by atoms with Gasteiger partial charge in [0.2, 0.25) is 5.88 Å². The molecule has 0 radical (unpaired) electrons. The molecule has 4 rings (SSSR count). The maximum absolute atomic E-state index is 13.3.